The average molecular weight is 364 g/mol. The Morgan fingerprint density at radius 1 is 1.15 bits per heavy atom. The summed E-state index contributed by atoms with van der Waals surface area (Å²) in [6, 6.07) is 9.14. The number of carbonyl (C=O) groups is 2. The molecule has 3 aromatic rings. The lowest BCUT2D eigenvalue weighted by molar-refractivity contribution is 0.0683. The van der Waals surface area contributed by atoms with Crippen molar-refractivity contribution in [3.05, 3.63) is 60.3 Å². The number of nitrogens with one attached hydrogen (secondary N) is 1. The third-order valence-electron chi connectivity index (χ3n) is 4.90. The van der Waals surface area contributed by atoms with E-state index in [1.807, 2.05) is 29.2 Å². The number of piperidine rings is 1. The molecule has 1 aliphatic rings. The molecular formula is C20H20N4O3. The third-order valence-corrected chi connectivity index (χ3v) is 4.90. The predicted molar refractivity (Wildman–Crippen MR) is 99.2 cm³/mol. The molecule has 3 heterocycles. The van der Waals surface area contributed by atoms with E-state index in [-0.39, 0.29) is 11.8 Å². The van der Waals surface area contributed by atoms with Gasteiger partial charge in [-0.15, -0.1) is 0 Å². The van der Waals surface area contributed by atoms with Crippen molar-refractivity contribution in [2.45, 2.75) is 12.8 Å². The number of fused-ring (bicyclic) bond motifs is 1. The van der Waals surface area contributed by atoms with Gasteiger partial charge in [-0.05, 0) is 37.0 Å². The number of hydrogen-bond acceptors (Lipinski definition) is 5. The van der Waals surface area contributed by atoms with Crippen molar-refractivity contribution in [1.82, 2.24) is 20.2 Å². The Bertz CT molecular complexity index is 947. The van der Waals surface area contributed by atoms with Gasteiger partial charge in [-0.2, -0.15) is 0 Å². The summed E-state index contributed by atoms with van der Waals surface area (Å²) in [5.41, 5.74) is 2.37. The molecule has 1 N–H and O–H groups in total. The van der Waals surface area contributed by atoms with E-state index < -0.39 is 0 Å². The number of amides is 2. The Labute approximate surface area is 156 Å². The van der Waals surface area contributed by atoms with Crippen molar-refractivity contribution in [2.75, 3.05) is 19.6 Å². The molecule has 0 unspecified atom stereocenters. The molecule has 2 amide bonds. The first-order chi connectivity index (χ1) is 13.2. The van der Waals surface area contributed by atoms with Crippen molar-refractivity contribution in [3.8, 4) is 0 Å². The molecule has 0 aliphatic carbocycles. The molecule has 1 aromatic carbocycles. The van der Waals surface area contributed by atoms with Crippen LogP contribution in [-0.4, -0.2) is 46.3 Å². The first kappa shape index (κ1) is 17.2. The number of rotatable bonds is 4. The maximum absolute atomic E-state index is 12.4. The monoisotopic (exact) mass is 364 g/mol. The molecule has 7 heteroatoms. The Morgan fingerprint density at radius 3 is 2.67 bits per heavy atom. The van der Waals surface area contributed by atoms with E-state index in [0.717, 1.165) is 18.4 Å². The van der Waals surface area contributed by atoms with E-state index in [9.17, 15) is 9.59 Å². The Balaban J connectivity index is 1.29. The molecule has 138 valence electrons. The van der Waals surface area contributed by atoms with Crippen LogP contribution in [-0.2, 0) is 0 Å². The number of nitrogens with zero attached hydrogens (tertiary/aromatic N) is 3. The van der Waals surface area contributed by atoms with Gasteiger partial charge in [0.2, 0.25) is 0 Å². The minimum atomic E-state index is -0.217. The van der Waals surface area contributed by atoms with E-state index in [1.54, 1.807) is 6.07 Å². The van der Waals surface area contributed by atoms with Crippen LogP contribution in [0.4, 0.5) is 0 Å². The highest BCUT2D eigenvalue weighted by atomic mass is 16.3. The quantitative estimate of drug-likeness (QED) is 0.768. The zero-order valence-electron chi connectivity index (χ0n) is 14.8. The highest BCUT2D eigenvalue weighted by Gasteiger charge is 2.24. The number of furan rings is 1. The lowest BCUT2D eigenvalue weighted by Gasteiger charge is -2.31. The normalized spacial score (nSPS) is 15.0. The van der Waals surface area contributed by atoms with E-state index >= 15 is 0 Å². The molecule has 7 nitrogen and oxygen atoms in total. The highest BCUT2D eigenvalue weighted by Crippen LogP contribution is 2.19. The van der Waals surface area contributed by atoms with Gasteiger partial charge in [0, 0.05) is 19.6 Å². The zero-order chi connectivity index (χ0) is 18.6. The molecule has 0 spiro atoms. The van der Waals surface area contributed by atoms with Crippen molar-refractivity contribution in [2.24, 2.45) is 5.92 Å². The lowest BCUT2D eigenvalue weighted by atomic mass is 9.96. The van der Waals surface area contributed by atoms with Gasteiger partial charge in [-0.25, -0.2) is 4.98 Å². The maximum Gasteiger partial charge on any atom is 0.271 e. The summed E-state index contributed by atoms with van der Waals surface area (Å²) in [7, 11) is 0. The van der Waals surface area contributed by atoms with Gasteiger partial charge in [0.1, 0.15) is 12.0 Å². The average Bonchev–Trinajstić information content (AvgIpc) is 3.26. The molecular weight excluding hydrogens is 344 g/mol. The maximum atomic E-state index is 12.4. The van der Waals surface area contributed by atoms with Crippen LogP contribution in [0, 0.1) is 5.92 Å². The van der Waals surface area contributed by atoms with Crippen LogP contribution in [0.25, 0.3) is 11.0 Å². The summed E-state index contributed by atoms with van der Waals surface area (Å²) in [6.45, 7) is 1.93. The van der Waals surface area contributed by atoms with Gasteiger partial charge in [0.25, 0.3) is 11.8 Å². The number of para-hydroxylation sites is 2. The Hall–Kier alpha value is -3.22. The van der Waals surface area contributed by atoms with Crippen molar-refractivity contribution >= 4 is 22.8 Å². The summed E-state index contributed by atoms with van der Waals surface area (Å²) in [4.78, 5) is 35.2. The fourth-order valence-electron chi connectivity index (χ4n) is 3.30. The minimum Gasteiger partial charge on any atom is -0.472 e. The second-order valence-corrected chi connectivity index (χ2v) is 6.70. The van der Waals surface area contributed by atoms with Crippen LogP contribution in [0.15, 0.2) is 53.5 Å². The van der Waals surface area contributed by atoms with Gasteiger partial charge in [-0.1, -0.05) is 12.1 Å². The highest BCUT2D eigenvalue weighted by molar-refractivity contribution is 5.94. The third kappa shape index (κ3) is 3.81. The zero-order valence-corrected chi connectivity index (χ0v) is 14.8. The van der Waals surface area contributed by atoms with Crippen molar-refractivity contribution in [3.63, 3.8) is 0 Å². The first-order valence-electron chi connectivity index (χ1n) is 9.02. The van der Waals surface area contributed by atoms with Gasteiger partial charge >= 0.3 is 0 Å². The van der Waals surface area contributed by atoms with Crippen LogP contribution >= 0.6 is 0 Å². The molecule has 0 bridgehead atoms. The summed E-state index contributed by atoms with van der Waals surface area (Å²) in [5, 5.41) is 2.95. The van der Waals surface area contributed by atoms with Crippen LogP contribution in [0.5, 0.6) is 0 Å². The second-order valence-electron chi connectivity index (χ2n) is 6.70. The molecule has 27 heavy (non-hydrogen) atoms. The first-order valence-corrected chi connectivity index (χ1v) is 9.02. The van der Waals surface area contributed by atoms with Crippen LogP contribution in [0.3, 0.4) is 0 Å². The molecule has 4 rings (SSSR count). The summed E-state index contributed by atoms with van der Waals surface area (Å²) in [6.07, 6.45) is 6.19. The number of hydrogen-bond donors (Lipinski definition) is 1. The fourth-order valence-corrected chi connectivity index (χ4v) is 3.30. The van der Waals surface area contributed by atoms with Crippen LogP contribution in [0.2, 0.25) is 0 Å². The molecule has 1 aliphatic heterocycles. The van der Waals surface area contributed by atoms with Crippen molar-refractivity contribution < 1.29 is 14.0 Å². The fraction of sp³-hybridized carbons (Fsp3) is 0.300. The SMILES string of the molecule is O=C(NCC1CCN(C(=O)c2ccoc2)CC1)c1cnc2ccccc2n1. The largest absolute Gasteiger partial charge is 0.472 e. The van der Waals surface area contributed by atoms with Gasteiger partial charge in [0.15, 0.2) is 0 Å². The smallest absolute Gasteiger partial charge is 0.271 e. The predicted octanol–water partition coefficient (Wildman–Crippen LogP) is 2.51. The standard InChI is InChI=1S/C20H20N4O3/c25-19(18-12-21-16-3-1-2-4-17(16)23-18)22-11-14-5-8-24(9-6-14)20(26)15-7-10-27-13-15/h1-4,7,10,12-14H,5-6,8-9,11H2,(H,22,25). The molecule has 2 aromatic heterocycles. The van der Waals surface area contributed by atoms with Crippen LogP contribution < -0.4 is 5.32 Å². The van der Waals surface area contributed by atoms with Gasteiger partial charge < -0.3 is 14.6 Å². The van der Waals surface area contributed by atoms with E-state index in [0.29, 0.717) is 42.3 Å². The molecule has 0 saturated carbocycles. The van der Waals surface area contributed by atoms with E-state index in [1.165, 1.54) is 18.7 Å². The lowest BCUT2D eigenvalue weighted by Crippen LogP contribution is -2.41. The van der Waals surface area contributed by atoms with Gasteiger partial charge in [-0.3, -0.25) is 14.6 Å². The van der Waals surface area contributed by atoms with E-state index in [2.05, 4.69) is 15.3 Å². The number of carbonyl (C=O) groups excluding carboxylic acids is 2. The minimum absolute atomic E-state index is 0.00215. The van der Waals surface area contributed by atoms with Crippen molar-refractivity contribution in [1.29, 1.82) is 0 Å². The van der Waals surface area contributed by atoms with E-state index in [4.69, 9.17) is 4.42 Å². The molecule has 1 saturated heterocycles. The number of aromatic nitrogens is 2. The number of likely N-dealkylation sites (tertiary alicyclic amines) is 1. The second kappa shape index (κ2) is 7.57. The Morgan fingerprint density at radius 2 is 1.93 bits per heavy atom. The molecule has 0 radical (unpaired) electrons. The van der Waals surface area contributed by atoms with Crippen LogP contribution in [0.1, 0.15) is 33.7 Å². The topological polar surface area (TPSA) is 88.3 Å². The molecule has 0 atom stereocenters. The summed E-state index contributed by atoms with van der Waals surface area (Å²) < 4.78 is 4.98. The summed E-state index contributed by atoms with van der Waals surface area (Å²) >= 11 is 0. The summed E-state index contributed by atoms with van der Waals surface area (Å²) in [5.74, 6) is 0.124. The number of benzene rings is 1. The Kier molecular flexibility index (Phi) is 4.82. The molecule has 1 fully saturated rings. The van der Waals surface area contributed by atoms with Gasteiger partial charge in [0.05, 0.1) is 29.1 Å².